The molecule has 2 aliphatic rings. The molecule has 1 N–H and O–H groups in total. The van der Waals surface area contributed by atoms with Crippen LogP contribution in [-0.4, -0.2) is 10.1 Å². The highest BCUT2D eigenvalue weighted by Gasteiger charge is 2.59. The SMILES string of the molecule is c1ccc(-c2cc3c(cc2NN2C4c5ccc6ccccc6c5C(c5ccccc5)N42)oc2ccccc23)cc1. The molecule has 1 aromatic heterocycles. The van der Waals surface area contributed by atoms with Crippen LogP contribution < -0.4 is 5.43 Å². The Hall–Kier alpha value is -4.90. The zero-order valence-electron chi connectivity index (χ0n) is 21.7. The summed E-state index contributed by atoms with van der Waals surface area (Å²) in [6.07, 6.45) is 0.153. The van der Waals surface area contributed by atoms with Gasteiger partial charge in [-0.3, -0.25) is 0 Å². The van der Waals surface area contributed by atoms with Crippen LogP contribution in [0.3, 0.4) is 0 Å². The van der Waals surface area contributed by atoms with Gasteiger partial charge in [-0.15, -0.1) is 5.12 Å². The minimum atomic E-state index is 0.134. The van der Waals surface area contributed by atoms with E-state index in [0.29, 0.717) is 0 Å². The Morgan fingerprint density at radius 3 is 2.17 bits per heavy atom. The number of para-hydroxylation sites is 1. The van der Waals surface area contributed by atoms with Crippen LogP contribution in [0.15, 0.2) is 138 Å². The number of anilines is 1. The predicted octanol–water partition coefficient (Wildman–Crippen LogP) is 9.07. The van der Waals surface area contributed by atoms with E-state index in [1.165, 1.54) is 33.0 Å². The quantitative estimate of drug-likeness (QED) is 0.237. The highest BCUT2D eigenvalue weighted by Crippen LogP contribution is 2.60. The Morgan fingerprint density at radius 1 is 0.600 bits per heavy atom. The third-order valence-electron chi connectivity index (χ3n) is 8.45. The smallest absolute Gasteiger partial charge is 0.138 e. The van der Waals surface area contributed by atoms with Crippen molar-refractivity contribution < 1.29 is 4.42 Å². The first-order chi connectivity index (χ1) is 19.8. The lowest BCUT2D eigenvalue weighted by molar-refractivity contribution is 0.303. The molecule has 4 heteroatoms. The Labute approximate surface area is 231 Å². The van der Waals surface area contributed by atoms with Crippen molar-refractivity contribution in [1.82, 2.24) is 10.1 Å². The Bertz CT molecular complexity index is 2070. The third-order valence-corrected chi connectivity index (χ3v) is 8.45. The van der Waals surface area contributed by atoms with Gasteiger partial charge in [-0.25, -0.2) is 0 Å². The van der Waals surface area contributed by atoms with Crippen molar-refractivity contribution in [1.29, 1.82) is 0 Å². The molecular weight excluding hydrogens is 490 g/mol. The van der Waals surface area contributed by atoms with Gasteiger partial charge in [-0.2, -0.15) is 5.01 Å². The molecule has 4 nitrogen and oxygen atoms in total. The van der Waals surface area contributed by atoms with E-state index in [1.54, 1.807) is 0 Å². The van der Waals surface area contributed by atoms with E-state index < -0.39 is 0 Å². The standard InChI is InChI=1S/C36H25N3O/c1-3-11-23(12-4-1)29-21-30-27-17-9-10-18-32(27)40-33(30)22-31(29)37-39-36-28-20-19-24-13-7-8-16-26(24)34(28)35(38(36)39)25-14-5-2-6-15-25/h1-22,35-37H. The number of rotatable bonds is 4. The zero-order chi connectivity index (χ0) is 26.2. The van der Waals surface area contributed by atoms with Gasteiger partial charge in [-0.05, 0) is 45.2 Å². The number of furan rings is 1. The average Bonchev–Trinajstić information content (AvgIpc) is 3.40. The molecule has 190 valence electrons. The minimum Gasteiger partial charge on any atom is -0.456 e. The fourth-order valence-electron chi connectivity index (χ4n) is 6.62. The van der Waals surface area contributed by atoms with E-state index in [1.807, 2.05) is 12.1 Å². The highest BCUT2D eigenvalue weighted by molar-refractivity contribution is 6.08. The molecule has 9 rings (SSSR count). The topological polar surface area (TPSA) is 31.2 Å². The summed E-state index contributed by atoms with van der Waals surface area (Å²) in [4.78, 5) is 0. The number of hydrazine groups is 2. The molecule has 2 aliphatic heterocycles. The fraction of sp³-hybridized carbons (Fsp3) is 0.0556. The summed E-state index contributed by atoms with van der Waals surface area (Å²) in [5, 5.41) is 9.62. The van der Waals surface area contributed by atoms with Gasteiger partial charge >= 0.3 is 0 Å². The van der Waals surface area contributed by atoms with Crippen LogP contribution in [0.4, 0.5) is 5.69 Å². The maximum absolute atomic E-state index is 6.30. The molecular formula is C36H25N3O. The Balaban J connectivity index is 1.19. The van der Waals surface area contributed by atoms with Crippen LogP contribution in [0, 0.1) is 0 Å². The second kappa shape index (κ2) is 8.30. The van der Waals surface area contributed by atoms with E-state index in [0.717, 1.165) is 33.2 Å². The molecule has 1 saturated heterocycles. The lowest BCUT2D eigenvalue weighted by atomic mass is 9.92. The highest BCUT2D eigenvalue weighted by atomic mass is 16.3. The number of hydrogen-bond acceptors (Lipinski definition) is 4. The molecule has 40 heavy (non-hydrogen) atoms. The number of benzene rings is 6. The Kier molecular flexibility index (Phi) is 4.56. The molecule has 4 atom stereocenters. The lowest BCUT2D eigenvalue weighted by Gasteiger charge is -2.23. The average molecular weight is 516 g/mol. The summed E-state index contributed by atoms with van der Waals surface area (Å²) in [7, 11) is 0. The van der Waals surface area contributed by atoms with Gasteiger partial charge in [0.05, 0.1) is 11.7 Å². The fourth-order valence-corrected chi connectivity index (χ4v) is 6.62. The maximum atomic E-state index is 6.30. The molecule has 0 saturated carbocycles. The second-order valence-electron chi connectivity index (χ2n) is 10.7. The molecule has 0 spiro atoms. The van der Waals surface area contributed by atoms with Crippen LogP contribution in [0.5, 0.6) is 0 Å². The molecule has 0 radical (unpaired) electrons. The van der Waals surface area contributed by atoms with Gasteiger partial charge in [0.25, 0.3) is 0 Å². The van der Waals surface area contributed by atoms with E-state index >= 15 is 0 Å². The Morgan fingerprint density at radius 2 is 1.32 bits per heavy atom. The first-order valence-electron chi connectivity index (χ1n) is 13.8. The normalized spacial score (nSPS) is 21.0. The minimum absolute atomic E-state index is 0.134. The van der Waals surface area contributed by atoms with Gasteiger partial charge in [-0.1, -0.05) is 115 Å². The third kappa shape index (κ3) is 3.15. The predicted molar refractivity (Wildman–Crippen MR) is 161 cm³/mol. The molecule has 4 unspecified atom stereocenters. The molecule has 0 bridgehead atoms. The van der Waals surface area contributed by atoms with Crippen LogP contribution >= 0.6 is 0 Å². The van der Waals surface area contributed by atoms with Crippen LogP contribution in [0.1, 0.15) is 28.9 Å². The van der Waals surface area contributed by atoms with E-state index in [2.05, 4.69) is 137 Å². The van der Waals surface area contributed by atoms with Crippen molar-refractivity contribution in [3.63, 3.8) is 0 Å². The van der Waals surface area contributed by atoms with Crippen molar-refractivity contribution in [3.8, 4) is 11.1 Å². The summed E-state index contributed by atoms with van der Waals surface area (Å²) in [5.41, 5.74) is 13.0. The number of fused-ring (bicyclic) bond motifs is 8. The first kappa shape index (κ1) is 22.0. The van der Waals surface area contributed by atoms with Crippen LogP contribution in [0.25, 0.3) is 43.8 Å². The summed E-state index contributed by atoms with van der Waals surface area (Å²) < 4.78 is 6.30. The van der Waals surface area contributed by atoms with Gasteiger partial charge in [0.15, 0.2) is 0 Å². The lowest BCUT2D eigenvalue weighted by Crippen LogP contribution is -2.21. The maximum Gasteiger partial charge on any atom is 0.138 e. The molecule has 7 aromatic rings. The van der Waals surface area contributed by atoms with Crippen molar-refractivity contribution in [2.24, 2.45) is 0 Å². The van der Waals surface area contributed by atoms with Gasteiger partial charge in [0, 0.05) is 22.4 Å². The second-order valence-corrected chi connectivity index (χ2v) is 10.7. The summed E-state index contributed by atoms with van der Waals surface area (Å²) in [6.45, 7) is 0. The van der Waals surface area contributed by atoms with E-state index in [9.17, 15) is 0 Å². The largest absolute Gasteiger partial charge is 0.456 e. The van der Waals surface area contributed by atoms with Gasteiger partial charge < -0.3 is 9.84 Å². The molecule has 3 heterocycles. The van der Waals surface area contributed by atoms with Crippen molar-refractivity contribution >= 4 is 38.4 Å². The number of nitrogens with one attached hydrogen (secondary N) is 1. The van der Waals surface area contributed by atoms with Crippen molar-refractivity contribution in [3.05, 3.63) is 150 Å². The summed E-state index contributed by atoms with van der Waals surface area (Å²) in [6, 6.07) is 47.6. The molecule has 6 aromatic carbocycles. The van der Waals surface area contributed by atoms with Crippen LogP contribution in [0.2, 0.25) is 0 Å². The number of nitrogens with zero attached hydrogens (tertiary/aromatic N) is 2. The monoisotopic (exact) mass is 515 g/mol. The van der Waals surface area contributed by atoms with E-state index in [-0.39, 0.29) is 12.2 Å². The zero-order valence-corrected chi connectivity index (χ0v) is 21.7. The van der Waals surface area contributed by atoms with Gasteiger partial charge in [0.2, 0.25) is 0 Å². The van der Waals surface area contributed by atoms with Crippen LogP contribution in [-0.2, 0) is 0 Å². The first-order valence-corrected chi connectivity index (χ1v) is 13.8. The molecule has 0 aliphatic carbocycles. The van der Waals surface area contributed by atoms with E-state index in [4.69, 9.17) is 4.42 Å². The molecule has 0 amide bonds. The molecule has 1 fully saturated rings. The summed E-state index contributed by atoms with van der Waals surface area (Å²) in [5.74, 6) is 0. The van der Waals surface area contributed by atoms with Crippen molar-refractivity contribution in [2.45, 2.75) is 12.2 Å². The van der Waals surface area contributed by atoms with Gasteiger partial charge in [0.1, 0.15) is 17.3 Å². The summed E-state index contributed by atoms with van der Waals surface area (Å²) >= 11 is 0. The van der Waals surface area contributed by atoms with Crippen molar-refractivity contribution in [2.75, 3.05) is 5.43 Å². The number of hydrogen-bond donors (Lipinski definition) is 1.